The summed E-state index contributed by atoms with van der Waals surface area (Å²) in [7, 11) is 0. The van der Waals surface area contributed by atoms with Gasteiger partial charge >= 0.3 is 6.18 Å². The molecule has 1 aromatic heterocycles. The van der Waals surface area contributed by atoms with Crippen LogP contribution in [0.1, 0.15) is 11.5 Å². The van der Waals surface area contributed by atoms with Gasteiger partial charge in [-0.05, 0) is 13.8 Å². The Morgan fingerprint density at radius 2 is 2.07 bits per heavy atom. The van der Waals surface area contributed by atoms with Gasteiger partial charge in [-0.25, -0.2) is 4.98 Å². The lowest BCUT2D eigenvalue weighted by atomic mass is 10.4. The second-order valence-electron chi connectivity index (χ2n) is 3.01. The van der Waals surface area contributed by atoms with Crippen molar-refractivity contribution >= 4 is 11.8 Å². The third-order valence-electron chi connectivity index (χ3n) is 1.83. The lowest BCUT2D eigenvalue weighted by Gasteiger charge is -2.15. The van der Waals surface area contributed by atoms with Crippen LogP contribution in [0.25, 0.3) is 0 Å². The van der Waals surface area contributed by atoms with E-state index in [-0.39, 0.29) is 5.22 Å². The van der Waals surface area contributed by atoms with E-state index in [2.05, 4.69) is 4.98 Å². The number of alkyl halides is 3. The number of aryl methyl sites for hydroxylation is 2. The van der Waals surface area contributed by atoms with Crippen molar-refractivity contribution in [2.45, 2.75) is 30.5 Å². The number of rotatable bonds is 3. The fourth-order valence-electron chi connectivity index (χ4n) is 0.864. The van der Waals surface area contributed by atoms with Crippen LogP contribution in [-0.4, -0.2) is 23.0 Å². The molecule has 0 aliphatic heterocycles. The lowest BCUT2D eigenvalue weighted by Crippen LogP contribution is -2.32. The van der Waals surface area contributed by atoms with Crippen molar-refractivity contribution < 1.29 is 17.6 Å². The highest BCUT2D eigenvalue weighted by Gasteiger charge is 2.40. The van der Waals surface area contributed by atoms with Gasteiger partial charge < -0.3 is 10.2 Å². The number of oxazole rings is 1. The summed E-state index contributed by atoms with van der Waals surface area (Å²) in [5, 5.41) is -1.66. The number of aromatic nitrogens is 1. The Hall–Kier alpha value is -0.690. The number of nitrogens with zero attached hydrogens (tertiary/aromatic N) is 1. The van der Waals surface area contributed by atoms with E-state index in [9.17, 15) is 13.2 Å². The Balaban J connectivity index is 2.75. The summed E-state index contributed by atoms with van der Waals surface area (Å²) in [5.41, 5.74) is 5.63. The van der Waals surface area contributed by atoms with E-state index < -0.39 is 18.0 Å². The zero-order valence-corrected chi connectivity index (χ0v) is 9.08. The van der Waals surface area contributed by atoms with E-state index in [0.717, 1.165) is 0 Å². The standard InChI is InChI=1S/C8H11F3N2OS/c1-4-5(2)14-7(13-4)15-6(3-12)8(9,10)11/h6H,3,12H2,1-2H3. The van der Waals surface area contributed by atoms with Gasteiger partial charge in [0, 0.05) is 6.54 Å². The summed E-state index contributed by atoms with van der Waals surface area (Å²) in [5.74, 6) is 0.524. The topological polar surface area (TPSA) is 52.0 Å². The molecule has 15 heavy (non-hydrogen) atoms. The molecule has 0 saturated heterocycles. The molecule has 1 aromatic rings. The van der Waals surface area contributed by atoms with E-state index >= 15 is 0 Å². The fraction of sp³-hybridized carbons (Fsp3) is 0.625. The monoisotopic (exact) mass is 240 g/mol. The smallest absolute Gasteiger partial charge is 0.402 e. The second kappa shape index (κ2) is 4.44. The highest BCUT2D eigenvalue weighted by atomic mass is 32.2. The summed E-state index contributed by atoms with van der Waals surface area (Å²) in [4.78, 5) is 3.85. The quantitative estimate of drug-likeness (QED) is 0.823. The highest BCUT2D eigenvalue weighted by molar-refractivity contribution is 7.99. The van der Waals surface area contributed by atoms with Crippen molar-refractivity contribution in [2.75, 3.05) is 6.54 Å². The number of hydrogen-bond acceptors (Lipinski definition) is 4. The minimum atomic E-state index is -4.34. The molecular weight excluding hydrogens is 229 g/mol. The van der Waals surface area contributed by atoms with Gasteiger partial charge in [-0.3, -0.25) is 0 Å². The van der Waals surface area contributed by atoms with Crippen LogP contribution in [0.15, 0.2) is 9.64 Å². The molecule has 0 aromatic carbocycles. The van der Waals surface area contributed by atoms with E-state index in [1.165, 1.54) is 0 Å². The summed E-state index contributed by atoms with van der Waals surface area (Å²) < 4.78 is 42.1. The molecule has 0 amide bonds. The Morgan fingerprint density at radius 3 is 2.40 bits per heavy atom. The molecule has 3 nitrogen and oxygen atoms in total. The normalized spacial score (nSPS) is 14.3. The number of hydrogen-bond donors (Lipinski definition) is 1. The van der Waals surface area contributed by atoms with E-state index in [0.29, 0.717) is 23.2 Å². The molecular formula is C8H11F3N2OS. The molecule has 0 aliphatic carbocycles. The molecule has 0 spiro atoms. The van der Waals surface area contributed by atoms with Crippen molar-refractivity contribution in [2.24, 2.45) is 5.73 Å². The van der Waals surface area contributed by atoms with Gasteiger partial charge in [-0.2, -0.15) is 13.2 Å². The van der Waals surface area contributed by atoms with Crippen LogP contribution in [0.4, 0.5) is 13.2 Å². The zero-order chi connectivity index (χ0) is 11.6. The third-order valence-corrected chi connectivity index (χ3v) is 2.95. The van der Waals surface area contributed by atoms with Crippen molar-refractivity contribution in [3.8, 4) is 0 Å². The zero-order valence-electron chi connectivity index (χ0n) is 8.26. The van der Waals surface area contributed by atoms with Gasteiger partial charge in [0.05, 0.1) is 5.69 Å². The first-order valence-electron chi connectivity index (χ1n) is 4.22. The molecule has 86 valence electrons. The summed E-state index contributed by atoms with van der Waals surface area (Å²) in [6.45, 7) is 2.83. The van der Waals surface area contributed by atoms with Gasteiger partial charge in [0.1, 0.15) is 11.0 Å². The highest BCUT2D eigenvalue weighted by Crippen LogP contribution is 2.34. The molecule has 1 rings (SSSR count). The molecule has 1 atom stereocenters. The van der Waals surface area contributed by atoms with Gasteiger partial charge in [0.2, 0.25) is 0 Å². The summed E-state index contributed by atoms with van der Waals surface area (Å²) in [6.07, 6.45) is -4.34. The number of thioether (sulfide) groups is 1. The van der Waals surface area contributed by atoms with Crippen LogP contribution in [-0.2, 0) is 0 Å². The minimum Gasteiger partial charge on any atom is -0.437 e. The molecule has 0 aliphatic rings. The molecule has 1 unspecified atom stereocenters. The van der Waals surface area contributed by atoms with Crippen LogP contribution < -0.4 is 5.73 Å². The largest absolute Gasteiger partial charge is 0.437 e. The van der Waals surface area contributed by atoms with Gasteiger partial charge in [0.25, 0.3) is 5.22 Å². The van der Waals surface area contributed by atoms with Crippen molar-refractivity contribution in [1.82, 2.24) is 4.98 Å². The van der Waals surface area contributed by atoms with Crippen molar-refractivity contribution in [1.29, 1.82) is 0 Å². The number of nitrogens with two attached hydrogens (primary N) is 1. The maximum absolute atomic E-state index is 12.3. The number of halogens is 3. The molecule has 2 N–H and O–H groups in total. The Labute approximate surface area is 89.2 Å². The third kappa shape index (κ3) is 3.13. The Kier molecular flexibility index (Phi) is 3.67. The minimum absolute atomic E-state index is 0.0118. The van der Waals surface area contributed by atoms with Gasteiger partial charge in [-0.1, -0.05) is 11.8 Å². The SMILES string of the molecule is Cc1nc(SC(CN)C(F)(F)F)oc1C. The average molecular weight is 240 g/mol. The van der Waals surface area contributed by atoms with Gasteiger partial charge in [-0.15, -0.1) is 0 Å². The first-order chi connectivity index (χ1) is 6.84. The molecule has 0 fully saturated rings. The molecule has 0 radical (unpaired) electrons. The van der Waals surface area contributed by atoms with Crippen LogP contribution >= 0.6 is 11.8 Å². The Bertz CT molecular complexity index is 318. The molecule has 1 heterocycles. The maximum atomic E-state index is 12.3. The second-order valence-corrected chi connectivity index (χ2v) is 4.16. The van der Waals surface area contributed by atoms with Crippen molar-refractivity contribution in [3.63, 3.8) is 0 Å². The summed E-state index contributed by atoms with van der Waals surface area (Å²) >= 11 is 0.503. The van der Waals surface area contributed by atoms with Crippen LogP contribution in [0.3, 0.4) is 0 Å². The Morgan fingerprint density at radius 1 is 1.47 bits per heavy atom. The van der Waals surface area contributed by atoms with Crippen LogP contribution in [0, 0.1) is 13.8 Å². The van der Waals surface area contributed by atoms with E-state index in [1.807, 2.05) is 0 Å². The predicted octanol–water partition coefficient (Wildman–Crippen LogP) is 2.27. The molecule has 0 bridgehead atoms. The van der Waals surface area contributed by atoms with Crippen LogP contribution in [0.5, 0.6) is 0 Å². The molecule has 7 heteroatoms. The lowest BCUT2D eigenvalue weighted by molar-refractivity contribution is -0.126. The summed E-state index contributed by atoms with van der Waals surface area (Å²) in [6, 6.07) is 0. The maximum Gasteiger partial charge on any atom is 0.402 e. The first kappa shape index (κ1) is 12.4. The van der Waals surface area contributed by atoms with Crippen LogP contribution in [0.2, 0.25) is 0 Å². The first-order valence-corrected chi connectivity index (χ1v) is 5.10. The van der Waals surface area contributed by atoms with Crippen molar-refractivity contribution in [3.05, 3.63) is 11.5 Å². The predicted molar refractivity (Wildman–Crippen MR) is 50.7 cm³/mol. The van der Waals surface area contributed by atoms with E-state index in [4.69, 9.17) is 10.2 Å². The fourth-order valence-corrected chi connectivity index (χ4v) is 1.70. The average Bonchev–Trinajstić information content (AvgIpc) is 2.40. The molecule has 0 saturated carbocycles. The van der Waals surface area contributed by atoms with Gasteiger partial charge in [0.15, 0.2) is 0 Å². The van der Waals surface area contributed by atoms with E-state index in [1.54, 1.807) is 13.8 Å².